The van der Waals surface area contributed by atoms with Crippen molar-refractivity contribution in [3.05, 3.63) is 36.5 Å². The van der Waals surface area contributed by atoms with Crippen molar-refractivity contribution >= 4 is 13.7 Å². The van der Waals surface area contributed by atoms with Crippen LogP contribution in [0.4, 0.5) is 0 Å². The van der Waals surface area contributed by atoms with Crippen molar-refractivity contribution in [3.8, 4) is 0 Å². The molecule has 64 heavy (non-hydrogen) atoms. The molecule has 0 saturated carbocycles. The van der Waals surface area contributed by atoms with Crippen LogP contribution in [0.1, 0.15) is 258 Å². The number of phosphoric ester groups is 1. The molecule has 0 aromatic heterocycles. The summed E-state index contributed by atoms with van der Waals surface area (Å²) in [6.45, 7) is 4.81. The number of aliphatic hydroxyl groups is 1. The van der Waals surface area contributed by atoms with Crippen LogP contribution < -0.4 is 5.32 Å². The van der Waals surface area contributed by atoms with Crippen molar-refractivity contribution in [1.82, 2.24) is 5.32 Å². The summed E-state index contributed by atoms with van der Waals surface area (Å²) in [5.41, 5.74) is 0. The maximum Gasteiger partial charge on any atom is 0.472 e. The van der Waals surface area contributed by atoms with Gasteiger partial charge in [0.1, 0.15) is 13.2 Å². The van der Waals surface area contributed by atoms with Crippen molar-refractivity contribution in [2.24, 2.45) is 0 Å². The molecule has 0 aromatic carbocycles. The van der Waals surface area contributed by atoms with Gasteiger partial charge in [0.2, 0.25) is 5.91 Å². The lowest BCUT2D eigenvalue weighted by Gasteiger charge is -2.25. The predicted molar refractivity (Wildman–Crippen MR) is 277 cm³/mol. The molecular weight excluding hydrogens is 816 g/mol. The molecule has 3 unspecified atom stereocenters. The quantitative estimate of drug-likeness (QED) is 0.0243. The minimum absolute atomic E-state index is 0.0549. The highest BCUT2D eigenvalue weighted by Crippen LogP contribution is 2.43. The largest absolute Gasteiger partial charge is 0.472 e. The number of phosphoric acid groups is 1. The Hall–Kier alpha value is -1.28. The molecule has 378 valence electrons. The first kappa shape index (κ1) is 62.7. The Labute approximate surface area is 397 Å². The van der Waals surface area contributed by atoms with E-state index in [1.54, 1.807) is 6.08 Å². The fraction of sp³-hybridized carbons (Fsp3) is 0.873. The average molecular weight is 924 g/mol. The van der Waals surface area contributed by atoms with Crippen LogP contribution in [-0.2, 0) is 18.4 Å². The topological polar surface area (TPSA) is 105 Å². The molecule has 0 saturated heterocycles. The number of aliphatic hydroxyl groups excluding tert-OH is 1. The van der Waals surface area contributed by atoms with Gasteiger partial charge >= 0.3 is 7.82 Å². The molecule has 3 atom stereocenters. The molecule has 0 aliphatic carbocycles. The van der Waals surface area contributed by atoms with Crippen molar-refractivity contribution < 1.29 is 32.9 Å². The summed E-state index contributed by atoms with van der Waals surface area (Å²) in [7, 11) is 1.55. The fourth-order valence-electron chi connectivity index (χ4n) is 8.02. The van der Waals surface area contributed by atoms with Crippen molar-refractivity contribution in [2.45, 2.75) is 270 Å². The first-order valence-electron chi connectivity index (χ1n) is 27.4. The zero-order chi connectivity index (χ0) is 47.1. The van der Waals surface area contributed by atoms with Gasteiger partial charge in [-0.3, -0.25) is 13.8 Å². The summed E-state index contributed by atoms with van der Waals surface area (Å²) < 4.78 is 23.6. The minimum Gasteiger partial charge on any atom is -0.387 e. The van der Waals surface area contributed by atoms with Gasteiger partial charge in [0.15, 0.2) is 0 Å². The number of hydrogen-bond acceptors (Lipinski definition) is 5. The molecule has 0 heterocycles. The molecule has 0 aromatic rings. The van der Waals surface area contributed by atoms with Gasteiger partial charge in [-0.25, -0.2) is 4.57 Å². The van der Waals surface area contributed by atoms with Crippen LogP contribution in [-0.4, -0.2) is 73.4 Å². The third kappa shape index (κ3) is 48.6. The van der Waals surface area contributed by atoms with E-state index in [4.69, 9.17) is 9.05 Å². The molecule has 3 N–H and O–H groups in total. The lowest BCUT2D eigenvalue weighted by molar-refractivity contribution is -0.870. The standard InChI is InChI=1S/C55H107N2O6P/c1-6-8-10-12-14-16-18-20-22-23-24-25-26-27-28-29-30-31-32-33-35-36-38-40-42-44-46-48-54(58)53(52-63-64(60,61)62-51-50-57(3,4)5)56-55(59)49-47-45-43-41-39-37-34-21-19-17-15-13-11-9-7-2/h32-33,38,40,46,48,53-54,58H,6-31,34-37,39,41-45,47,49-52H2,1-5H3,(H-,56,59,60,61)/p+1/b33-32+,40-38+,48-46+. The normalized spacial score (nSPS) is 14.3. The van der Waals surface area contributed by atoms with Gasteiger partial charge in [0, 0.05) is 6.42 Å². The number of rotatable bonds is 50. The third-order valence-electron chi connectivity index (χ3n) is 12.3. The van der Waals surface area contributed by atoms with Gasteiger partial charge in [0.25, 0.3) is 0 Å². The molecule has 0 bridgehead atoms. The van der Waals surface area contributed by atoms with E-state index in [9.17, 15) is 19.4 Å². The second-order valence-electron chi connectivity index (χ2n) is 19.9. The Balaban J connectivity index is 4.27. The van der Waals surface area contributed by atoms with Crippen LogP contribution in [0, 0.1) is 0 Å². The highest BCUT2D eigenvalue weighted by atomic mass is 31.2. The van der Waals surface area contributed by atoms with E-state index in [1.807, 2.05) is 27.2 Å². The van der Waals surface area contributed by atoms with Crippen LogP contribution in [0.2, 0.25) is 0 Å². The Bertz CT molecular complexity index is 1140. The van der Waals surface area contributed by atoms with E-state index in [0.717, 1.165) is 44.9 Å². The molecule has 0 rings (SSSR count). The molecule has 0 aliphatic heterocycles. The van der Waals surface area contributed by atoms with Gasteiger partial charge in [0.05, 0.1) is 39.9 Å². The van der Waals surface area contributed by atoms with Crippen LogP contribution in [0.15, 0.2) is 36.5 Å². The zero-order valence-corrected chi connectivity index (χ0v) is 43.9. The summed E-state index contributed by atoms with van der Waals surface area (Å²) in [5, 5.41) is 13.9. The van der Waals surface area contributed by atoms with Crippen molar-refractivity contribution in [2.75, 3.05) is 40.9 Å². The van der Waals surface area contributed by atoms with Crippen molar-refractivity contribution in [1.29, 1.82) is 0 Å². The Morgan fingerprint density at radius 1 is 0.516 bits per heavy atom. The predicted octanol–water partition coefficient (Wildman–Crippen LogP) is 16.2. The van der Waals surface area contributed by atoms with Crippen LogP contribution in [0.25, 0.3) is 0 Å². The lowest BCUT2D eigenvalue weighted by Crippen LogP contribution is -2.45. The molecule has 8 nitrogen and oxygen atoms in total. The van der Waals surface area contributed by atoms with E-state index in [1.165, 1.54) is 193 Å². The number of likely N-dealkylation sites (N-methyl/N-ethyl adjacent to an activating group) is 1. The Morgan fingerprint density at radius 2 is 0.859 bits per heavy atom. The molecule has 1 amide bonds. The van der Waals surface area contributed by atoms with E-state index < -0.39 is 20.0 Å². The van der Waals surface area contributed by atoms with E-state index >= 15 is 0 Å². The monoisotopic (exact) mass is 924 g/mol. The molecular formula is C55H108N2O6P+. The van der Waals surface area contributed by atoms with Crippen LogP contribution in [0.5, 0.6) is 0 Å². The SMILES string of the molecule is CCCCCCCCCCCCCCCCCCC/C=C/CC/C=C/CC/C=C/C(O)C(COP(=O)(O)OCC[N+](C)(C)C)NC(=O)CCCCCCCCCCCCCCCCC. The highest BCUT2D eigenvalue weighted by Gasteiger charge is 2.27. The highest BCUT2D eigenvalue weighted by molar-refractivity contribution is 7.47. The minimum atomic E-state index is -4.35. The number of carbonyl (C=O) groups is 1. The van der Waals surface area contributed by atoms with Crippen molar-refractivity contribution in [3.63, 3.8) is 0 Å². The number of amides is 1. The van der Waals surface area contributed by atoms with Gasteiger partial charge < -0.3 is 19.8 Å². The average Bonchev–Trinajstić information content (AvgIpc) is 3.25. The third-order valence-corrected chi connectivity index (χ3v) is 13.3. The van der Waals surface area contributed by atoms with Gasteiger partial charge in [-0.2, -0.15) is 0 Å². The number of nitrogens with one attached hydrogen (secondary N) is 1. The van der Waals surface area contributed by atoms with Gasteiger partial charge in [-0.1, -0.05) is 243 Å². The number of unbranched alkanes of at least 4 members (excludes halogenated alkanes) is 33. The molecule has 0 fully saturated rings. The summed E-state index contributed by atoms with van der Waals surface area (Å²) >= 11 is 0. The second-order valence-corrected chi connectivity index (χ2v) is 21.4. The molecule has 0 aliphatic rings. The maximum atomic E-state index is 12.9. The lowest BCUT2D eigenvalue weighted by atomic mass is 10.0. The second kappa shape index (κ2) is 46.8. The number of nitrogens with zero attached hydrogens (tertiary/aromatic N) is 1. The van der Waals surface area contributed by atoms with E-state index in [-0.39, 0.29) is 19.1 Å². The smallest absolute Gasteiger partial charge is 0.387 e. The Morgan fingerprint density at radius 3 is 1.25 bits per heavy atom. The molecule has 9 heteroatoms. The summed E-state index contributed by atoms with van der Waals surface area (Å²) in [6, 6.07) is -0.867. The number of allylic oxidation sites excluding steroid dienone is 5. The maximum absolute atomic E-state index is 12.9. The van der Waals surface area contributed by atoms with Gasteiger partial charge in [-0.15, -0.1) is 0 Å². The van der Waals surface area contributed by atoms with Gasteiger partial charge in [-0.05, 0) is 44.9 Å². The zero-order valence-electron chi connectivity index (χ0n) is 43.0. The molecule has 0 spiro atoms. The van der Waals surface area contributed by atoms with Crippen LogP contribution in [0.3, 0.4) is 0 Å². The number of quaternary nitrogens is 1. The number of carbonyl (C=O) groups excluding carboxylic acids is 1. The molecule has 0 radical (unpaired) electrons. The fourth-order valence-corrected chi connectivity index (χ4v) is 8.75. The first-order chi connectivity index (χ1) is 31.0. The number of hydrogen-bond donors (Lipinski definition) is 3. The van der Waals surface area contributed by atoms with Crippen LogP contribution >= 0.6 is 7.82 Å². The Kier molecular flexibility index (Phi) is 45.9. The summed E-state index contributed by atoms with van der Waals surface area (Å²) in [5.74, 6) is -0.188. The summed E-state index contributed by atoms with van der Waals surface area (Å²) in [4.78, 5) is 23.2. The van der Waals surface area contributed by atoms with E-state index in [0.29, 0.717) is 17.4 Å². The van der Waals surface area contributed by atoms with E-state index in [2.05, 4.69) is 43.5 Å². The first-order valence-corrected chi connectivity index (χ1v) is 28.9. The summed E-state index contributed by atoms with van der Waals surface area (Å²) in [6.07, 6.45) is 59.6.